The summed E-state index contributed by atoms with van der Waals surface area (Å²) in [6.07, 6.45) is 5.81. The molecule has 174 valence electrons. The lowest BCUT2D eigenvalue weighted by Crippen LogP contribution is -2.29. The Labute approximate surface area is 203 Å². The molecule has 1 N–H and O–H groups in total. The number of carbonyl (C=O) groups is 2. The highest BCUT2D eigenvalue weighted by Gasteiger charge is 2.46. The molecule has 5 heteroatoms. The fourth-order valence-electron chi connectivity index (χ4n) is 5.46. The van der Waals surface area contributed by atoms with Crippen molar-refractivity contribution in [3.63, 3.8) is 0 Å². The Kier molecular flexibility index (Phi) is 5.25. The maximum absolute atomic E-state index is 13.4. The van der Waals surface area contributed by atoms with Gasteiger partial charge in [-0.3, -0.25) is 9.59 Å². The highest BCUT2D eigenvalue weighted by Crippen LogP contribution is 2.43. The lowest BCUT2D eigenvalue weighted by Gasteiger charge is -2.26. The first kappa shape index (κ1) is 21.4. The zero-order valence-corrected chi connectivity index (χ0v) is 19.2. The third-order valence-corrected chi connectivity index (χ3v) is 7.19. The predicted octanol–water partition coefficient (Wildman–Crippen LogP) is 5.93. The van der Waals surface area contributed by atoms with Gasteiger partial charge in [-0.2, -0.15) is 0 Å². The summed E-state index contributed by atoms with van der Waals surface area (Å²) in [6, 6.07) is 22.4. The van der Waals surface area contributed by atoms with Gasteiger partial charge in [-0.1, -0.05) is 54.6 Å². The number of likely N-dealkylation sites (tertiary alicyclic amines) is 1. The number of aryl methyl sites for hydroxylation is 2. The predicted molar refractivity (Wildman–Crippen MR) is 134 cm³/mol. The van der Waals surface area contributed by atoms with Gasteiger partial charge in [-0.15, -0.1) is 0 Å². The van der Waals surface area contributed by atoms with E-state index in [2.05, 4.69) is 0 Å². The first-order valence-corrected chi connectivity index (χ1v) is 12.0. The summed E-state index contributed by atoms with van der Waals surface area (Å²) in [7, 11) is 0. The smallest absolute Gasteiger partial charge is 0.296 e. The van der Waals surface area contributed by atoms with Gasteiger partial charge in [0.05, 0.1) is 24.4 Å². The van der Waals surface area contributed by atoms with E-state index in [4.69, 9.17) is 4.42 Å². The standard InChI is InChI=1S/C30H25NO4/c32-28(22-15-14-19-7-1-2-9-21(19)17-22)26-27(25-13-5-10-20-8-3-4-12-24(20)25)31(30(34)29(26)33)18-23-11-6-16-35-23/h3-6,8,10-17,27,32H,1-2,7,9,18H2/b28-26-. The highest BCUT2D eigenvalue weighted by molar-refractivity contribution is 6.46. The van der Waals surface area contributed by atoms with E-state index in [9.17, 15) is 14.7 Å². The van der Waals surface area contributed by atoms with Gasteiger partial charge in [0.25, 0.3) is 11.7 Å². The van der Waals surface area contributed by atoms with Crippen LogP contribution in [0, 0.1) is 0 Å². The number of carbonyl (C=O) groups excluding carboxylic acids is 2. The Balaban J connectivity index is 1.55. The van der Waals surface area contributed by atoms with E-state index in [0.717, 1.165) is 42.0 Å². The van der Waals surface area contributed by atoms with Crippen molar-refractivity contribution >= 4 is 28.2 Å². The van der Waals surface area contributed by atoms with Crippen LogP contribution in [-0.2, 0) is 29.0 Å². The van der Waals surface area contributed by atoms with E-state index in [-0.39, 0.29) is 17.9 Å². The molecule has 4 aromatic rings. The molecule has 6 rings (SSSR count). The molecule has 1 atom stereocenters. The quantitative estimate of drug-likeness (QED) is 0.231. The van der Waals surface area contributed by atoms with Crippen LogP contribution in [0.5, 0.6) is 0 Å². The number of benzene rings is 3. The number of hydrogen-bond acceptors (Lipinski definition) is 4. The number of ketones is 1. The Hall–Kier alpha value is -4.12. The molecule has 35 heavy (non-hydrogen) atoms. The summed E-state index contributed by atoms with van der Waals surface area (Å²) in [5, 5.41) is 13.4. The molecule has 2 heterocycles. The van der Waals surface area contributed by atoms with Crippen molar-refractivity contribution in [3.05, 3.63) is 113 Å². The van der Waals surface area contributed by atoms with Crippen molar-refractivity contribution < 1.29 is 19.1 Å². The molecule has 0 radical (unpaired) electrons. The number of Topliss-reactive ketones (excluding diaryl/α,β-unsaturated/α-hetero) is 1. The number of furan rings is 1. The summed E-state index contributed by atoms with van der Waals surface area (Å²) in [5.41, 5.74) is 3.98. The largest absolute Gasteiger partial charge is 0.507 e. The molecule has 1 aliphatic heterocycles. The average molecular weight is 464 g/mol. The van der Waals surface area contributed by atoms with Crippen LogP contribution in [0.2, 0.25) is 0 Å². The second-order valence-corrected chi connectivity index (χ2v) is 9.27. The van der Waals surface area contributed by atoms with E-state index in [1.807, 2.05) is 60.7 Å². The molecule has 1 fully saturated rings. The number of hydrogen-bond donors (Lipinski definition) is 1. The molecule has 5 nitrogen and oxygen atoms in total. The zero-order chi connectivity index (χ0) is 23.9. The molecular formula is C30H25NO4. The van der Waals surface area contributed by atoms with Crippen LogP contribution in [0.1, 0.15) is 46.9 Å². The minimum absolute atomic E-state index is 0.119. The Morgan fingerprint density at radius 3 is 2.54 bits per heavy atom. The molecule has 0 bridgehead atoms. The fourth-order valence-corrected chi connectivity index (χ4v) is 5.46. The second kappa shape index (κ2) is 8.58. The normalized spacial score (nSPS) is 19.3. The van der Waals surface area contributed by atoms with Crippen molar-refractivity contribution in [1.82, 2.24) is 4.90 Å². The molecular weight excluding hydrogens is 438 g/mol. The van der Waals surface area contributed by atoms with Gasteiger partial charge < -0.3 is 14.4 Å². The molecule has 1 aliphatic carbocycles. The number of rotatable bonds is 4. The van der Waals surface area contributed by atoms with Crippen LogP contribution in [0.15, 0.2) is 89.0 Å². The summed E-state index contributed by atoms with van der Waals surface area (Å²) < 4.78 is 5.51. The lowest BCUT2D eigenvalue weighted by molar-refractivity contribution is -0.140. The molecule has 0 saturated carbocycles. The van der Waals surface area contributed by atoms with Gasteiger partial charge in [0.1, 0.15) is 11.5 Å². The van der Waals surface area contributed by atoms with Gasteiger partial charge in [0.2, 0.25) is 0 Å². The Morgan fingerprint density at radius 1 is 0.914 bits per heavy atom. The van der Waals surface area contributed by atoms with Crippen molar-refractivity contribution in [3.8, 4) is 0 Å². The average Bonchev–Trinajstić information content (AvgIpc) is 3.50. The van der Waals surface area contributed by atoms with Crippen LogP contribution in [-0.4, -0.2) is 21.7 Å². The SMILES string of the molecule is O=C1C(=O)N(Cc2ccco2)C(c2cccc3ccccc23)/C1=C(/O)c1ccc2c(c1)CCCC2. The van der Waals surface area contributed by atoms with Gasteiger partial charge in [0, 0.05) is 5.56 Å². The van der Waals surface area contributed by atoms with Crippen molar-refractivity contribution in [1.29, 1.82) is 0 Å². The van der Waals surface area contributed by atoms with E-state index in [1.165, 1.54) is 16.0 Å². The van der Waals surface area contributed by atoms with Gasteiger partial charge in [-0.05, 0) is 71.3 Å². The zero-order valence-electron chi connectivity index (χ0n) is 19.2. The summed E-state index contributed by atoms with van der Waals surface area (Å²) in [5.74, 6) is -0.869. The third kappa shape index (κ3) is 3.64. The summed E-state index contributed by atoms with van der Waals surface area (Å²) >= 11 is 0. The van der Waals surface area contributed by atoms with E-state index < -0.39 is 17.7 Å². The number of fused-ring (bicyclic) bond motifs is 2. The van der Waals surface area contributed by atoms with E-state index in [0.29, 0.717) is 11.3 Å². The summed E-state index contributed by atoms with van der Waals surface area (Å²) in [6.45, 7) is 0.131. The third-order valence-electron chi connectivity index (χ3n) is 7.19. The van der Waals surface area contributed by atoms with Crippen LogP contribution < -0.4 is 0 Å². The lowest BCUT2D eigenvalue weighted by atomic mass is 9.88. The number of aliphatic hydroxyl groups excluding tert-OH is 1. The minimum Gasteiger partial charge on any atom is -0.507 e. The van der Waals surface area contributed by atoms with Crippen molar-refractivity contribution in [2.75, 3.05) is 0 Å². The van der Waals surface area contributed by atoms with Crippen LogP contribution >= 0.6 is 0 Å². The number of aliphatic hydroxyl groups is 1. The fraction of sp³-hybridized carbons (Fsp3) is 0.200. The topological polar surface area (TPSA) is 70.8 Å². The van der Waals surface area contributed by atoms with Crippen LogP contribution in [0.3, 0.4) is 0 Å². The molecule has 1 amide bonds. The Morgan fingerprint density at radius 2 is 1.71 bits per heavy atom. The van der Waals surface area contributed by atoms with Crippen molar-refractivity contribution in [2.24, 2.45) is 0 Å². The summed E-state index contributed by atoms with van der Waals surface area (Å²) in [4.78, 5) is 28.3. The maximum atomic E-state index is 13.4. The molecule has 1 saturated heterocycles. The first-order chi connectivity index (χ1) is 17.1. The van der Waals surface area contributed by atoms with Crippen LogP contribution in [0.25, 0.3) is 16.5 Å². The van der Waals surface area contributed by atoms with Crippen LogP contribution in [0.4, 0.5) is 0 Å². The van der Waals surface area contributed by atoms with Gasteiger partial charge in [0.15, 0.2) is 0 Å². The van der Waals surface area contributed by atoms with E-state index >= 15 is 0 Å². The second-order valence-electron chi connectivity index (χ2n) is 9.27. The van der Waals surface area contributed by atoms with Crippen molar-refractivity contribution in [2.45, 2.75) is 38.3 Å². The Bertz CT molecular complexity index is 1480. The minimum atomic E-state index is -0.734. The monoisotopic (exact) mass is 463 g/mol. The highest BCUT2D eigenvalue weighted by atomic mass is 16.3. The molecule has 1 unspecified atom stereocenters. The van der Waals surface area contributed by atoms with Gasteiger partial charge in [-0.25, -0.2) is 0 Å². The maximum Gasteiger partial charge on any atom is 0.296 e. The molecule has 1 aromatic heterocycles. The number of amides is 1. The van der Waals surface area contributed by atoms with Gasteiger partial charge >= 0.3 is 0 Å². The molecule has 2 aliphatic rings. The number of nitrogens with zero attached hydrogens (tertiary/aromatic N) is 1. The first-order valence-electron chi connectivity index (χ1n) is 12.0. The molecule has 0 spiro atoms. The van der Waals surface area contributed by atoms with E-state index in [1.54, 1.807) is 18.4 Å². The molecule has 3 aromatic carbocycles.